The highest BCUT2D eigenvalue weighted by molar-refractivity contribution is 6.31. The predicted octanol–water partition coefficient (Wildman–Crippen LogP) is 3.33. The predicted molar refractivity (Wildman–Crippen MR) is 91.1 cm³/mol. The number of ether oxygens (including phenoxy) is 1. The summed E-state index contributed by atoms with van der Waals surface area (Å²) in [6, 6.07) is 8.28. The second kappa shape index (κ2) is 5.98. The molecule has 4 bridgehead atoms. The third-order valence-electron chi connectivity index (χ3n) is 4.34. The molecule has 1 N–H and O–H groups in total. The Morgan fingerprint density at radius 1 is 1.30 bits per heavy atom. The topological polar surface area (TPSA) is 50.3 Å². The molecule has 0 spiro atoms. The average Bonchev–Trinajstić information content (AvgIpc) is 2.79. The molecule has 1 atom stereocenters. The van der Waals surface area contributed by atoms with Crippen molar-refractivity contribution in [2.45, 2.75) is 25.9 Å². The number of fused-ring (bicyclic) bond motifs is 7. The molecule has 1 aromatic carbocycles. The van der Waals surface area contributed by atoms with Crippen molar-refractivity contribution in [3.05, 3.63) is 46.1 Å². The molecule has 0 saturated carbocycles. The molecule has 2 aromatic rings. The van der Waals surface area contributed by atoms with Gasteiger partial charge in [-0.2, -0.15) is 4.98 Å². The number of benzene rings is 1. The summed E-state index contributed by atoms with van der Waals surface area (Å²) in [5.41, 5.74) is 3.23. The molecule has 4 rings (SSSR count). The molecule has 6 heteroatoms. The van der Waals surface area contributed by atoms with Crippen molar-refractivity contribution in [1.29, 1.82) is 0 Å². The van der Waals surface area contributed by atoms with Crippen molar-refractivity contribution in [2.24, 2.45) is 0 Å². The van der Waals surface area contributed by atoms with Crippen LogP contribution in [0.4, 0.5) is 11.8 Å². The number of hydrogen-bond acceptors (Lipinski definition) is 5. The molecule has 3 heterocycles. The number of aromatic nitrogens is 2. The van der Waals surface area contributed by atoms with Crippen LogP contribution in [-0.2, 0) is 11.3 Å². The second-order valence-electron chi connectivity index (χ2n) is 6.04. The lowest BCUT2D eigenvalue weighted by atomic mass is 10.0. The minimum atomic E-state index is 0.0743. The van der Waals surface area contributed by atoms with Crippen LogP contribution in [0.1, 0.15) is 29.3 Å². The van der Waals surface area contributed by atoms with E-state index in [0.29, 0.717) is 19.1 Å². The van der Waals surface area contributed by atoms with Gasteiger partial charge in [-0.15, -0.1) is 0 Å². The number of nitrogens with one attached hydrogen (secondary N) is 1. The van der Waals surface area contributed by atoms with Gasteiger partial charge in [-0.25, -0.2) is 4.98 Å². The van der Waals surface area contributed by atoms with Crippen molar-refractivity contribution in [3.63, 3.8) is 0 Å². The normalized spacial score (nSPS) is 20.3. The van der Waals surface area contributed by atoms with Gasteiger partial charge in [0.05, 0.1) is 12.6 Å². The van der Waals surface area contributed by atoms with E-state index < -0.39 is 0 Å². The summed E-state index contributed by atoms with van der Waals surface area (Å²) < 4.78 is 5.83. The Balaban J connectivity index is 1.89. The summed E-state index contributed by atoms with van der Waals surface area (Å²) in [6.07, 6.45) is 0.972. The van der Waals surface area contributed by atoms with E-state index in [-0.39, 0.29) is 6.04 Å². The quantitative estimate of drug-likeness (QED) is 0.803. The molecule has 23 heavy (non-hydrogen) atoms. The maximum absolute atomic E-state index is 6.50. The zero-order valence-electron chi connectivity index (χ0n) is 13.1. The summed E-state index contributed by atoms with van der Waals surface area (Å²) in [6.45, 7) is 4.95. The van der Waals surface area contributed by atoms with Crippen LogP contribution in [0.2, 0.25) is 5.02 Å². The van der Waals surface area contributed by atoms with Crippen LogP contribution < -0.4 is 10.2 Å². The Labute approximate surface area is 140 Å². The van der Waals surface area contributed by atoms with Crippen LogP contribution in [0, 0.1) is 6.92 Å². The van der Waals surface area contributed by atoms with Crippen molar-refractivity contribution >= 4 is 23.4 Å². The molecule has 0 aliphatic carbocycles. The van der Waals surface area contributed by atoms with E-state index in [2.05, 4.69) is 21.3 Å². The van der Waals surface area contributed by atoms with Gasteiger partial charge in [0, 0.05) is 36.5 Å². The third kappa shape index (κ3) is 2.86. The number of rotatable bonds is 0. The number of nitrogens with zero attached hydrogens (tertiary/aromatic N) is 3. The SMILES string of the molecule is Cc1cc2nc(n1)NCc1ccc(Cl)c(c1)C1COCCCN21. The van der Waals surface area contributed by atoms with Crippen molar-refractivity contribution in [3.8, 4) is 0 Å². The van der Waals surface area contributed by atoms with E-state index in [0.717, 1.165) is 41.7 Å². The van der Waals surface area contributed by atoms with E-state index in [1.54, 1.807) is 0 Å². The van der Waals surface area contributed by atoms with E-state index in [1.165, 1.54) is 5.56 Å². The maximum atomic E-state index is 6.50. The summed E-state index contributed by atoms with van der Waals surface area (Å²) in [5, 5.41) is 4.09. The van der Waals surface area contributed by atoms with Gasteiger partial charge in [0.2, 0.25) is 5.95 Å². The Hall–Kier alpha value is -1.85. The summed E-state index contributed by atoms with van der Waals surface area (Å²) >= 11 is 6.50. The highest BCUT2D eigenvalue weighted by Gasteiger charge is 2.27. The van der Waals surface area contributed by atoms with Crippen LogP contribution in [-0.4, -0.2) is 29.7 Å². The molecule has 5 nitrogen and oxygen atoms in total. The molecule has 1 saturated heterocycles. The van der Waals surface area contributed by atoms with E-state index >= 15 is 0 Å². The monoisotopic (exact) mass is 330 g/mol. The van der Waals surface area contributed by atoms with Gasteiger partial charge in [0.1, 0.15) is 5.82 Å². The maximum Gasteiger partial charge on any atom is 0.225 e. The van der Waals surface area contributed by atoms with Gasteiger partial charge in [-0.05, 0) is 30.5 Å². The molecule has 2 aliphatic rings. The molecular formula is C17H19ClN4O. The smallest absolute Gasteiger partial charge is 0.225 e. The lowest BCUT2D eigenvalue weighted by Gasteiger charge is -2.32. The molecule has 2 aliphatic heterocycles. The summed E-state index contributed by atoms with van der Waals surface area (Å²) in [4.78, 5) is 11.5. The van der Waals surface area contributed by atoms with Crippen molar-refractivity contribution in [2.75, 3.05) is 30.0 Å². The number of hydrogen-bond donors (Lipinski definition) is 1. The molecule has 1 unspecified atom stereocenters. The minimum absolute atomic E-state index is 0.0743. The number of halogens is 1. The van der Waals surface area contributed by atoms with Crippen LogP contribution in [0.3, 0.4) is 0 Å². The standard InChI is InChI=1S/C17H19ClN4O/c1-11-7-16-21-17(20-11)19-9-12-3-4-14(18)13(8-12)15-10-23-6-2-5-22(15)16/h3-4,7-8,15H,2,5-6,9-10H2,1H3,(H,19,20,21). The van der Waals surface area contributed by atoms with E-state index in [4.69, 9.17) is 21.3 Å². The van der Waals surface area contributed by atoms with Crippen LogP contribution in [0.15, 0.2) is 24.3 Å². The second-order valence-corrected chi connectivity index (χ2v) is 6.45. The van der Waals surface area contributed by atoms with Crippen LogP contribution in [0.25, 0.3) is 0 Å². The Bertz CT molecular complexity index is 737. The Morgan fingerprint density at radius 2 is 2.22 bits per heavy atom. The van der Waals surface area contributed by atoms with E-state index in [9.17, 15) is 0 Å². The first kappa shape index (κ1) is 14.7. The highest BCUT2D eigenvalue weighted by Crippen LogP contribution is 2.34. The van der Waals surface area contributed by atoms with E-state index in [1.807, 2.05) is 25.1 Å². The molecule has 120 valence electrons. The lowest BCUT2D eigenvalue weighted by Crippen LogP contribution is -2.32. The fraction of sp³-hybridized carbons (Fsp3) is 0.412. The highest BCUT2D eigenvalue weighted by atomic mass is 35.5. The number of anilines is 2. The molecular weight excluding hydrogens is 312 g/mol. The Morgan fingerprint density at radius 3 is 3.13 bits per heavy atom. The van der Waals surface area contributed by atoms with Crippen molar-refractivity contribution in [1.82, 2.24) is 9.97 Å². The van der Waals surface area contributed by atoms with Gasteiger partial charge < -0.3 is 15.0 Å². The molecule has 1 aromatic heterocycles. The molecule has 0 amide bonds. The number of aryl methyl sites for hydroxylation is 1. The Kier molecular flexibility index (Phi) is 3.83. The van der Waals surface area contributed by atoms with Gasteiger partial charge in [-0.1, -0.05) is 23.7 Å². The zero-order chi connectivity index (χ0) is 15.8. The van der Waals surface area contributed by atoms with Gasteiger partial charge >= 0.3 is 0 Å². The largest absolute Gasteiger partial charge is 0.379 e. The first-order chi connectivity index (χ1) is 11.2. The average molecular weight is 331 g/mol. The lowest BCUT2D eigenvalue weighted by molar-refractivity contribution is 0.134. The zero-order valence-corrected chi connectivity index (χ0v) is 13.8. The fourth-order valence-electron chi connectivity index (χ4n) is 3.23. The van der Waals surface area contributed by atoms with Crippen LogP contribution in [0.5, 0.6) is 0 Å². The summed E-state index contributed by atoms with van der Waals surface area (Å²) in [7, 11) is 0. The van der Waals surface area contributed by atoms with Gasteiger partial charge in [0.15, 0.2) is 0 Å². The van der Waals surface area contributed by atoms with Crippen molar-refractivity contribution < 1.29 is 4.74 Å². The first-order valence-electron chi connectivity index (χ1n) is 7.93. The molecule has 0 radical (unpaired) electrons. The fourth-order valence-corrected chi connectivity index (χ4v) is 3.47. The van der Waals surface area contributed by atoms with Crippen LogP contribution >= 0.6 is 11.6 Å². The minimum Gasteiger partial charge on any atom is -0.379 e. The first-order valence-corrected chi connectivity index (χ1v) is 8.31. The van der Waals surface area contributed by atoms with Gasteiger partial charge in [-0.3, -0.25) is 0 Å². The van der Waals surface area contributed by atoms with Gasteiger partial charge in [0.25, 0.3) is 0 Å². The molecule has 1 fully saturated rings. The third-order valence-corrected chi connectivity index (χ3v) is 4.69. The summed E-state index contributed by atoms with van der Waals surface area (Å²) in [5.74, 6) is 1.60.